The lowest BCUT2D eigenvalue weighted by molar-refractivity contribution is -0.142. The Bertz CT molecular complexity index is 1410. The van der Waals surface area contributed by atoms with Crippen LogP contribution in [0, 0.1) is 11.8 Å². The Balaban J connectivity index is 1.51. The van der Waals surface area contributed by atoms with Crippen molar-refractivity contribution in [1.82, 2.24) is 15.3 Å². The van der Waals surface area contributed by atoms with Gasteiger partial charge in [-0.1, -0.05) is 42.2 Å². The molecule has 0 radical (unpaired) electrons. The zero-order valence-corrected chi connectivity index (χ0v) is 19.5. The lowest BCUT2D eigenvalue weighted by atomic mass is 10.0. The van der Waals surface area contributed by atoms with Crippen molar-refractivity contribution in [2.24, 2.45) is 0 Å². The largest absolute Gasteiger partial charge is 0.507 e. The van der Waals surface area contributed by atoms with Gasteiger partial charge < -0.3 is 15.2 Å². The van der Waals surface area contributed by atoms with Crippen molar-refractivity contribution in [2.45, 2.75) is 12.5 Å². The predicted octanol–water partition coefficient (Wildman–Crippen LogP) is 3.76. The van der Waals surface area contributed by atoms with Gasteiger partial charge in [-0.2, -0.15) is 0 Å². The van der Waals surface area contributed by atoms with Crippen LogP contribution in [0.4, 0.5) is 0 Å². The second kappa shape index (κ2) is 11.4. The van der Waals surface area contributed by atoms with Crippen molar-refractivity contribution in [3.05, 3.63) is 114 Å². The third-order valence-corrected chi connectivity index (χ3v) is 5.36. The molecule has 0 bridgehead atoms. The number of carbonyl (C=O) groups excluding carboxylic acids is 2. The van der Waals surface area contributed by atoms with Crippen molar-refractivity contribution < 1.29 is 19.4 Å². The number of carbonyl (C=O) groups is 2. The van der Waals surface area contributed by atoms with Crippen molar-refractivity contribution in [1.29, 1.82) is 0 Å². The fourth-order valence-electron chi connectivity index (χ4n) is 3.49. The molecule has 0 spiro atoms. The second-order valence-corrected chi connectivity index (χ2v) is 7.87. The van der Waals surface area contributed by atoms with Gasteiger partial charge in [-0.05, 0) is 54.1 Å². The third kappa shape index (κ3) is 6.13. The maximum atomic E-state index is 12.6. The van der Waals surface area contributed by atoms with Gasteiger partial charge in [0.2, 0.25) is 0 Å². The van der Waals surface area contributed by atoms with Crippen molar-refractivity contribution in [3.63, 3.8) is 0 Å². The molecule has 2 N–H and O–H groups in total. The van der Waals surface area contributed by atoms with Gasteiger partial charge in [0, 0.05) is 29.9 Å². The molecule has 4 aromatic rings. The Hall–Kier alpha value is -4.96. The molecular weight excluding hydrogens is 454 g/mol. The Morgan fingerprint density at radius 2 is 1.72 bits per heavy atom. The summed E-state index contributed by atoms with van der Waals surface area (Å²) in [4.78, 5) is 33.6. The summed E-state index contributed by atoms with van der Waals surface area (Å²) in [6, 6.07) is 21.9. The number of aromatic hydroxyl groups is 1. The highest BCUT2D eigenvalue weighted by atomic mass is 16.5. The number of ether oxygens (including phenoxy) is 1. The number of methoxy groups -OCH3 is 1. The second-order valence-electron chi connectivity index (χ2n) is 7.87. The van der Waals surface area contributed by atoms with E-state index in [1.54, 1.807) is 54.9 Å². The molecule has 2 aromatic carbocycles. The van der Waals surface area contributed by atoms with E-state index in [-0.39, 0.29) is 18.1 Å². The first-order valence-corrected chi connectivity index (χ1v) is 11.2. The fourth-order valence-corrected chi connectivity index (χ4v) is 3.49. The number of pyridine rings is 2. The number of phenolic OH excluding ortho intramolecular Hbond substituents is 1. The van der Waals surface area contributed by atoms with E-state index in [0.717, 1.165) is 11.4 Å². The molecule has 0 saturated heterocycles. The van der Waals surface area contributed by atoms with Crippen LogP contribution in [0.15, 0.2) is 91.3 Å². The van der Waals surface area contributed by atoms with E-state index in [2.05, 4.69) is 27.1 Å². The zero-order valence-electron chi connectivity index (χ0n) is 19.5. The number of esters is 1. The number of hydrogen-bond acceptors (Lipinski definition) is 6. The molecule has 7 nitrogen and oxygen atoms in total. The highest BCUT2D eigenvalue weighted by Gasteiger charge is 2.23. The molecule has 178 valence electrons. The summed E-state index contributed by atoms with van der Waals surface area (Å²) in [6.07, 6.45) is 3.52. The number of nitrogens with one attached hydrogen (secondary N) is 1. The zero-order chi connectivity index (χ0) is 25.3. The summed E-state index contributed by atoms with van der Waals surface area (Å²) in [5.74, 6) is 5.00. The smallest absolute Gasteiger partial charge is 0.328 e. The molecule has 0 aliphatic heterocycles. The number of aromatic nitrogens is 2. The minimum atomic E-state index is -0.906. The van der Waals surface area contributed by atoms with Gasteiger partial charge >= 0.3 is 5.97 Å². The van der Waals surface area contributed by atoms with Crippen LogP contribution in [-0.2, 0) is 16.0 Å². The van der Waals surface area contributed by atoms with Crippen molar-refractivity contribution in [3.8, 4) is 29.0 Å². The summed E-state index contributed by atoms with van der Waals surface area (Å²) in [5, 5.41) is 13.0. The number of amides is 1. The lowest BCUT2D eigenvalue weighted by Gasteiger charge is -2.17. The number of hydrogen-bond donors (Lipinski definition) is 2. The van der Waals surface area contributed by atoms with E-state index < -0.39 is 12.0 Å². The summed E-state index contributed by atoms with van der Waals surface area (Å²) < 4.78 is 4.88. The van der Waals surface area contributed by atoms with Gasteiger partial charge in [0.1, 0.15) is 11.8 Å². The monoisotopic (exact) mass is 477 g/mol. The van der Waals surface area contributed by atoms with Crippen LogP contribution in [0.2, 0.25) is 0 Å². The van der Waals surface area contributed by atoms with Gasteiger partial charge in [0.05, 0.1) is 24.1 Å². The maximum absolute atomic E-state index is 12.6. The molecule has 0 aliphatic rings. The Labute approximate surface area is 208 Å². The average molecular weight is 478 g/mol. The van der Waals surface area contributed by atoms with Gasteiger partial charge in [-0.3, -0.25) is 14.8 Å². The normalized spacial score (nSPS) is 11.0. The van der Waals surface area contributed by atoms with Crippen LogP contribution in [-0.4, -0.2) is 40.1 Å². The van der Waals surface area contributed by atoms with E-state index >= 15 is 0 Å². The van der Waals surface area contributed by atoms with Crippen LogP contribution in [0.1, 0.15) is 27.0 Å². The highest BCUT2D eigenvalue weighted by Crippen LogP contribution is 2.19. The van der Waals surface area contributed by atoms with E-state index in [0.29, 0.717) is 22.3 Å². The van der Waals surface area contributed by atoms with Crippen LogP contribution in [0.5, 0.6) is 5.75 Å². The molecular formula is C29H23N3O4. The standard InChI is InChI=1S/C29H23N3O4/c1-36-29(35)26(32-28(34)22-7-3-2-4-8-22)18-21-12-15-27(33)23(17-21)13-10-20-11-14-25(31-19-20)24-9-5-6-16-30-24/h2-9,11-12,14-17,19,26,33H,18H2,1H3,(H,32,34)/t26-/m0/s1. The SMILES string of the molecule is COC(=O)[C@H](Cc1ccc(O)c(C#Cc2ccc(-c3ccccn3)nc2)c1)NC(=O)c1ccccc1. The van der Waals surface area contributed by atoms with Gasteiger partial charge in [0.15, 0.2) is 0 Å². The lowest BCUT2D eigenvalue weighted by Crippen LogP contribution is -2.43. The molecule has 0 fully saturated rings. The number of rotatable bonds is 6. The Morgan fingerprint density at radius 1 is 0.944 bits per heavy atom. The average Bonchev–Trinajstić information content (AvgIpc) is 2.93. The number of nitrogens with zero attached hydrogens (tertiary/aromatic N) is 2. The predicted molar refractivity (Wildman–Crippen MR) is 135 cm³/mol. The van der Waals surface area contributed by atoms with Gasteiger partial charge in [-0.25, -0.2) is 4.79 Å². The molecule has 0 saturated carbocycles. The van der Waals surface area contributed by atoms with Crippen LogP contribution < -0.4 is 5.32 Å². The quantitative estimate of drug-likeness (QED) is 0.324. The molecule has 4 rings (SSSR count). The molecule has 7 heteroatoms. The van der Waals surface area contributed by atoms with E-state index in [9.17, 15) is 14.7 Å². The van der Waals surface area contributed by atoms with E-state index in [4.69, 9.17) is 4.74 Å². The van der Waals surface area contributed by atoms with Gasteiger partial charge in [0.25, 0.3) is 5.91 Å². The highest BCUT2D eigenvalue weighted by molar-refractivity contribution is 5.96. The first kappa shape index (κ1) is 24.2. The third-order valence-electron chi connectivity index (χ3n) is 5.36. The first-order valence-electron chi connectivity index (χ1n) is 11.2. The maximum Gasteiger partial charge on any atom is 0.328 e. The number of benzene rings is 2. The van der Waals surface area contributed by atoms with Crippen molar-refractivity contribution >= 4 is 11.9 Å². The molecule has 2 aromatic heterocycles. The summed E-state index contributed by atoms with van der Waals surface area (Å²) in [5.41, 5.74) is 3.69. The first-order chi connectivity index (χ1) is 17.5. The van der Waals surface area contributed by atoms with Crippen LogP contribution in [0.3, 0.4) is 0 Å². The van der Waals surface area contributed by atoms with Crippen LogP contribution in [0.25, 0.3) is 11.4 Å². The Morgan fingerprint density at radius 3 is 2.42 bits per heavy atom. The summed E-state index contributed by atoms with van der Waals surface area (Å²) in [6.45, 7) is 0. The molecule has 2 heterocycles. The molecule has 1 amide bonds. The minimum absolute atomic E-state index is 0.00672. The molecule has 36 heavy (non-hydrogen) atoms. The molecule has 1 atom stereocenters. The fraction of sp³-hybridized carbons (Fsp3) is 0.103. The van der Waals surface area contributed by atoms with Gasteiger partial charge in [-0.15, -0.1) is 0 Å². The summed E-state index contributed by atoms with van der Waals surface area (Å²) in [7, 11) is 1.27. The summed E-state index contributed by atoms with van der Waals surface area (Å²) >= 11 is 0. The Kier molecular flexibility index (Phi) is 7.69. The van der Waals surface area contributed by atoms with Crippen molar-refractivity contribution in [2.75, 3.05) is 7.11 Å². The van der Waals surface area contributed by atoms with E-state index in [1.807, 2.05) is 30.3 Å². The van der Waals surface area contributed by atoms with Crippen LogP contribution >= 0.6 is 0 Å². The number of phenols is 1. The molecule has 0 aliphatic carbocycles. The van der Waals surface area contributed by atoms with E-state index in [1.165, 1.54) is 13.2 Å². The molecule has 0 unspecified atom stereocenters. The topological polar surface area (TPSA) is 101 Å². The minimum Gasteiger partial charge on any atom is -0.507 e.